The Balaban J connectivity index is 1.94. The molecule has 0 spiro atoms. The van der Waals surface area contributed by atoms with Crippen LogP contribution in [0.3, 0.4) is 0 Å². The molecule has 0 radical (unpaired) electrons. The van der Waals surface area contributed by atoms with Gasteiger partial charge in [0, 0.05) is 37.5 Å². The third-order valence-corrected chi connectivity index (χ3v) is 4.60. The Bertz CT molecular complexity index is 597. The van der Waals surface area contributed by atoms with E-state index in [9.17, 15) is 9.59 Å². The van der Waals surface area contributed by atoms with E-state index in [4.69, 9.17) is 10.5 Å². The maximum Gasteiger partial charge on any atom is 0.253 e. The number of carbonyl (C=O) groups excluding carboxylic acids is 2. The van der Waals surface area contributed by atoms with Gasteiger partial charge >= 0.3 is 0 Å². The first-order valence-electron chi connectivity index (χ1n) is 8.92. The van der Waals surface area contributed by atoms with Crippen LogP contribution in [-0.4, -0.2) is 49.1 Å². The highest BCUT2D eigenvalue weighted by Crippen LogP contribution is 2.17. The normalized spacial score (nSPS) is 18.2. The molecule has 0 saturated carbocycles. The van der Waals surface area contributed by atoms with Crippen LogP contribution in [0.2, 0.25) is 0 Å². The molecule has 6 heteroatoms. The zero-order valence-electron chi connectivity index (χ0n) is 15.3. The predicted molar refractivity (Wildman–Crippen MR) is 98.4 cm³/mol. The van der Waals surface area contributed by atoms with Crippen LogP contribution in [0.15, 0.2) is 24.3 Å². The van der Waals surface area contributed by atoms with Crippen LogP contribution in [0.25, 0.3) is 0 Å². The summed E-state index contributed by atoms with van der Waals surface area (Å²) in [6.07, 6.45) is 2.01. The predicted octanol–water partition coefficient (Wildman–Crippen LogP) is 2.25. The molecule has 6 nitrogen and oxygen atoms in total. The van der Waals surface area contributed by atoms with E-state index in [1.165, 1.54) is 0 Å². The van der Waals surface area contributed by atoms with E-state index in [0.29, 0.717) is 30.3 Å². The molecule has 1 saturated heterocycles. The Labute approximate surface area is 149 Å². The molecule has 0 aliphatic carbocycles. The molecule has 2 rings (SSSR count). The van der Waals surface area contributed by atoms with Gasteiger partial charge in [-0.25, -0.2) is 0 Å². The fourth-order valence-electron chi connectivity index (χ4n) is 2.74. The molecule has 1 aromatic rings. The molecule has 2 amide bonds. The van der Waals surface area contributed by atoms with Crippen molar-refractivity contribution in [2.24, 2.45) is 11.7 Å². The van der Waals surface area contributed by atoms with Gasteiger partial charge in [-0.2, -0.15) is 0 Å². The van der Waals surface area contributed by atoms with Gasteiger partial charge in [-0.15, -0.1) is 0 Å². The SMILES string of the molecule is CC(C)C(N)CCN(C)C(=O)c1cccc(NC(=O)C2CCCO2)c1. The van der Waals surface area contributed by atoms with Crippen molar-refractivity contribution in [1.82, 2.24) is 4.90 Å². The highest BCUT2D eigenvalue weighted by Gasteiger charge is 2.23. The third-order valence-electron chi connectivity index (χ3n) is 4.60. The van der Waals surface area contributed by atoms with Gasteiger partial charge in [0.05, 0.1) is 0 Å². The summed E-state index contributed by atoms with van der Waals surface area (Å²) in [5.41, 5.74) is 7.20. The van der Waals surface area contributed by atoms with E-state index in [1.807, 2.05) is 0 Å². The molecular weight excluding hydrogens is 318 g/mol. The second-order valence-electron chi connectivity index (χ2n) is 6.99. The monoisotopic (exact) mass is 347 g/mol. The molecule has 138 valence electrons. The minimum Gasteiger partial charge on any atom is -0.368 e. The van der Waals surface area contributed by atoms with Crippen LogP contribution in [0.1, 0.15) is 43.5 Å². The Kier molecular flexibility index (Phi) is 6.96. The van der Waals surface area contributed by atoms with Crippen LogP contribution < -0.4 is 11.1 Å². The molecular formula is C19H29N3O3. The minimum absolute atomic E-state index is 0.0762. The Morgan fingerprint density at radius 3 is 2.80 bits per heavy atom. The Morgan fingerprint density at radius 1 is 1.40 bits per heavy atom. The molecule has 1 aliphatic heterocycles. The number of nitrogens with zero attached hydrogens (tertiary/aromatic N) is 1. The van der Waals surface area contributed by atoms with Crippen molar-refractivity contribution >= 4 is 17.5 Å². The van der Waals surface area contributed by atoms with Crippen LogP contribution in [0, 0.1) is 5.92 Å². The van der Waals surface area contributed by atoms with Crippen LogP contribution in [0.4, 0.5) is 5.69 Å². The summed E-state index contributed by atoms with van der Waals surface area (Å²) < 4.78 is 5.38. The van der Waals surface area contributed by atoms with Gasteiger partial charge in [0.1, 0.15) is 6.10 Å². The molecule has 2 unspecified atom stereocenters. The summed E-state index contributed by atoms with van der Waals surface area (Å²) in [5.74, 6) is 0.155. The second-order valence-corrected chi connectivity index (χ2v) is 6.99. The number of hydrogen-bond donors (Lipinski definition) is 2. The summed E-state index contributed by atoms with van der Waals surface area (Å²) in [6.45, 7) is 5.38. The highest BCUT2D eigenvalue weighted by molar-refractivity contribution is 5.98. The van der Waals surface area contributed by atoms with Crippen LogP contribution >= 0.6 is 0 Å². The lowest BCUT2D eigenvalue weighted by atomic mass is 10.0. The average molecular weight is 347 g/mol. The van der Waals surface area contributed by atoms with Crippen molar-refractivity contribution in [3.8, 4) is 0 Å². The van der Waals surface area contributed by atoms with E-state index in [1.54, 1.807) is 36.2 Å². The molecule has 1 aromatic carbocycles. The average Bonchev–Trinajstić information content (AvgIpc) is 3.13. The number of nitrogens with two attached hydrogens (primary N) is 1. The highest BCUT2D eigenvalue weighted by atomic mass is 16.5. The minimum atomic E-state index is -0.389. The zero-order valence-corrected chi connectivity index (χ0v) is 15.3. The van der Waals surface area contributed by atoms with Crippen LogP contribution in [0.5, 0.6) is 0 Å². The largest absolute Gasteiger partial charge is 0.368 e. The van der Waals surface area contributed by atoms with Gasteiger partial charge in [-0.05, 0) is 43.4 Å². The second kappa shape index (κ2) is 8.97. The fourth-order valence-corrected chi connectivity index (χ4v) is 2.74. The maximum absolute atomic E-state index is 12.6. The number of amides is 2. The fraction of sp³-hybridized carbons (Fsp3) is 0.579. The number of hydrogen-bond acceptors (Lipinski definition) is 4. The first-order valence-corrected chi connectivity index (χ1v) is 8.92. The van der Waals surface area contributed by atoms with E-state index < -0.39 is 0 Å². The van der Waals surface area contributed by atoms with Crippen molar-refractivity contribution in [2.45, 2.75) is 45.3 Å². The van der Waals surface area contributed by atoms with Gasteiger partial charge in [0.15, 0.2) is 0 Å². The quantitative estimate of drug-likeness (QED) is 0.792. The summed E-state index contributed by atoms with van der Waals surface area (Å²) in [7, 11) is 1.77. The Hall–Kier alpha value is -1.92. The number of benzene rings is 1. The summed E-state index contributed by atoms with van der Waals surface area (Å²) in [4.78, 5) is 26.4. The number of anilines is 1. The summed E-state index contributed by atoms with van der Waals surface area (Å²) in [5, 5.41) is 2.83. The molecule has 0 aromatic heterocycles. The van der Waals surface area contributed by atoms with E-state index >= 15 is 0 Å². The lowest BCUT2D eigenvalue weighted by Crippen LogP contribution is -2.34. The van der Waals surface area contributed by atoms with Gasteiger partial charge in [-0.1, -0.05) is 19.9 Å². The first kappa shape index (κ1) is 19.4. The molecule has 1 heterocycles. The number of carbonyl (C=O) groups is 2. The van der Waals surface area contributed by atoms with Crippen molar-refractivity contribution in [3.63, 3.8) is 0 Å². The number of ether oxygens (including phenoxy) is 1. The van der Waals surface area contributed by atoms with Crippen molar-refractivity contribution < 1.29 is 14.3 Å². The molecule has 25 heavy (non-hydrogen) atoms. The number of nitrogens with one attached hydrogen (secondary N) is 1. The van der Waals surface area contributed by atoms with Gasteiger partial charge in [-0.3, -0.25) is 9.59 Å². The molecule has 2 atom stereocenters. The van der Waals surface area contributed by atoms with Crippen molar-refractivity contribution in [2.75, 3.05) is 25.5 Å². The standard InChI is InChI=1S/C19H29N3O3/c1-13(2)16(20)9-10-22(3)19(24)14-6-4-7-15(12-14)21-18(23)17-8-5-11-25-17/h4,6-7,12-13,16-17H,5,8-11,20H2,1-3H3,(H,21,23). The van der Waals surface area contributed by atoms with E-state index in [2.05, 4.69) is 19.2 Å². The maximum atomic E-state index is 12.6. The molecule has 1 aliphatic rings. The molecule has 3 N–H and O–H groups in total. The van der Waals surface area contributed by atoms with E-state index in [0.717, 1.165) is 19.3 Å². The lowest BCUT2D eigenvalue weighted by molar-refractivity contribution is -0.124. The third kappa shape index (κ3) is 5.54. The van der Waals surface area contributed by atoms with Crippen molar-refractivity contribution in [1.29, 1.82) is 0 Å². The lowest BCUT2D eigenvalue weighted by Gasteiger charge is -2.22. The topological polar surface area (TPSA) is 84.7 Å². The van der Waals surface area contributed by atoms with E-state index in [-0.39, 0.29) is 24.0 Å². The summed E-state index contributed by atoms with van der Waals surface area (Å²) >= 11 is 0. The smallest absolute Gasteiger partial charge is 0.253 e. The number of rotatable bonds is 7. The van der Waals surface area contributed by atoms with Crippen molar-refractivity contribution in [3.05, 3.63) is 29.8 Å². The molecule has 0 bridgehead atoms. The zero-order chi connectivity index (χ0) is 18.4. The molecule has 1 fully saturated rings. The van der Waals surface area contributed by atoms with Gasteiger partial charge in [0.2, 0.25) is 0 Å². The Morgan fingerprint density at radius 2 is 2.16 bits per heavy atom. The summed E-state index contributed by atoms with van der Waals surface area (Å²) in [6, 6.07) is 7.08. The van der Waals surface area contributed by atoms with Crippen LogP contribution in [-0.2, 0) is 9.53 Å². The van der Waals surface area contributed by atoms with Gasteiger partial charge in [0.25, 0.3) is 11.8 Å². The first-order chi connectivity index (χ1) is 11.9. The van der Waals surface area contributed by atoms with Gasteiger partial charge < -0.3 is 20.7 Å².